The van der Waals surface area contributed by atoms with Crippen molar-refractivity contribution in [2.75, 3.05) is 12.3 Å². The van der Waals surface area contributed by atoms with Crippen molar-refractivity contribution < 1.29 is 0 Å². The molecule has 14 heavy (non-hydrogen) atoms. The van der Waals surface area contributed by atoms with Gasteiger partial charge in [-0.3, -0.25) is 0 Å². The highest BCUT2D eigenvalue weighted by molar-refractivity contribution is 8.93. The van der Waals surface area contributed by atoms with E-state index in [1.807, 2.05) is 18.2 Å². The van der Waals surface area contributed by atoms with Gasteiger partial charge in [-0.15, -0.1) is 28.3 Å². The van der Waals surface area contributed by atoms with Crippen LogP contribution in [-0.2, 0) is 0 Å². The minimum atomic E-state index is 0. The molecule has 76 valence electrons. The number of rotatable bonds is 3. The molecule has 0 unspecified atom stereocenters. The Morgan fingerprint density at radius 1 is 1.36 bits per heavy atom. The van der Waals surface area contributed by atoms with Gasteiger partial charge in [-0.25, -0.2) is 4.98 Å². The average molecular weight is 291 g/mol. The molecule has 0 fully saturated rings. The molecule has 2 nitrogen and oxygen atoms in total. The second kappa shape index (κ2) is 5.70. The topological polar surface area (TPSA) is 38.9 Å². The fourth-order valence-corrected chi connectivity index (χ4v) is 2.97. The molecule has 5 heteroatoms. The standard InChI is InChI=1S/C9H10N2S2.BrH/c10-5-6-12-9-11-7-3-1-2-4-8(7)13-9;/h1-4H,5-6,10H2;1H. The molecular formula is C9H11BrN2S2. The van der Waals surface area contributed by atoms with Crippen molar-refractivity contribution in [3.05, 3.63) is 24.3 Å². The molecule has 0 atom stereocenters. The van der Waals surface area contributed by atoms with Gasteiger partial charge in [0.05, 0.1) is 10.2 Å². The number of hydrogen-bond acceptors (Lipinski definition) is 4. The summed E-state index contributed by atoms with van der Waals surface area (Å²) in [5, 5.41) is 0. The van der Waals surface area contributed by atoms with Crippen LogP contribution in [0.3, 0.4) is 0 Å². The van der Waals surface area contributed by atoms with Gasteiger partial charge < -0.3 is 5.73 Å². The van der Waals surface area contributed by atoms with Gasteiger partial charge in [0.15, 0.2) is 4.34 Å². The van der Waals surface area contributed by atoms with E-state index in [-0.39, 0.29) is 17.0 Å². The number of nitrogens with zero attached hydrogens (tertiary/aromatic N) is 1. The fraction of sp³-hybridized carbons (Fsp3) is 0.222. The molecule has 0 bridgehead atoms. The number of halogens is 1. The van der Waals surface area contributed by atoms with Crippen molar-refractivity contribution in [1.82, 2.24) is 4.98 Å². The van der Waals surface area contributed by atoms with Crippen molar-refractivity contribution in [2.24, 2.45) is 5.73 Å². The summed E-state index contributed by atoms with van der Waals surface area (Å²) in [6.45, 7) is 0.709. The Labute approximate surface area is 102 Å². The van der Waals surface area contributed by atoms with Crippen LogP contribution >= 0.6 is 40.1 Å². The minimum absolute atomic E-state index is 0. The number of fused-ring (bicyclic) bond motifs is 1. The Morgan fingerprint density at radius 2 is 2.14 bits per heavy atom. The lowest BCUT2D eigenvalue weighted by atomic mass is 10.3. The molecule has 0 amide bonds. The smallest absolute Gasteiger partial charge is 0.151 e. The van der Waals surface area contributed by atoms with Crippen LogP contribution in [0.25, 0.3) is 10.2 Å². The first kappa shape index (κ1) is 12.0. The average Bonchev–Trinajstić information content (AvgIpc) is 2.57. The molecule has 1 aromatic heterocycles. The van der Waals surface area contributed by atoms with Crippen LogP contribution in [-0.4, -0.2) is 17.3 Å². The van der Waals surface area contributed by atoms with Gasteiger partial charge in [-0.2, -0.15) is 0 Å². The van der Waals surface area contributed by atoms with Crippen molar-refractivity contribution in [1.29, 1.82) is 0 Å². The first-order chi connectivity index (χ1) is 6.40. The van der Waals surface area contributed by atoms with Crippen molar-refractivity contribution in [2.45, 2.75) is 4.34 Å². The first-order valence-electron chi connectivity index (χ1n) is 4.08. The molecule has 0 aliphatic rings. The Bertz CT molecular complexity index is 369. The third-order valence-electron chi connectivity index (χ3n) is 1.62. The van der Waals surface area contributed by atoms with E-state index in [1.54, 1.807) is 23.1 Å². The third kappa shape index (κ3) is 2.70. The predicted octanol–water partition coefficient (Wildman–Crippen LogP) is 2.93. The number of benzene rings is 1. The summed E-state index contributed by atoms with van der Waals surface area (Å²) in [7, 11) is 0. The summed E-state index contributed by atoms with van der Waals surface area (Å²) < 4.78 is 2.37. The maximum Gasteiger partial charge on any atom is 0.151 e. The van der Waals surface area contributed by atoms with Gasteiger partial charge >= 0.3 is 0 Å². The van der Waals surface area contributed by atoms with E-state index in [0.717, 1.165) is 15.6 Å². The molecule has 2 rings (SSSR count). The van der Waals surface area contributed by atoms with Gasteiger partial charge in [-0.05, 0) is 12.1 Å². The van der Waals surface area contributed by atoms with Crippen molar-refractivity contribution in [3.63, 3.8) is 0 Å². The van der Waals surface area contributed by atoms with E-state index >= 15 is 0 Å². The van der Waals surface area contributed by atoms with Crippen LogP contribution in [0, 0.1) is 0 Å². The Kier molecular flexibility index (Phi) is 4.88. The first-order valence-corrected chi connectivity index (χ1v) is 5.89. The van der Waals surface area contributed by atoms with Gasteiger partial charge in [0.25, 0.3) is 0 Å². The van der Waals surface area contributed by atoms with E-state index in [2.05, 4.69) is 11.1 Å². The van der Waals surface area contributed by atoms with E-state index in [1.165, 1.54) is 4.70 Å². The summed E-state index contributed by atoms with van der Waals surface area (Å²) in [4.78, 5) is 4.48. The number of thiazole rings is 1. The molecule has 0 aliphatic heterocycles. The van der Waals surface area contributed by atoms with E-state index in [4.69, 9.17) is 5.73 Å². The molecule has 2 N–H and O–H groups in total. The summed E-state index contributed by atoms with van der Waals surface area (Å²) >= 11 is 3.46. The number of para-hydroxylation sites is 1. The van der Waals surface area contributed by atoms with Crippen LogP contribution in [0.4, 0.5) is 0 Å². The van der Waals surface area contributed by atoms with Crippen molar-refractivity contribution >= 4 is 50.3 Å². The largest absolute Gasteiger partial charge is 0.330 e. The Balaban J connectivity index is 0.000000980. The highest BCUT2D eigenvalue weighted by atomic mass is 79.9. The highest BCUT2D eigenvalue weighted by Gasteiger charge is 2.01. The lowest BCUT2D eigenvalue weighted by Crippen LogP contribution is -2.00. The van der Waals surface area contributed by atoms with E-state index in [9.17, 15) is 0 Å². The fourth-order valence-electron chi connectivity index (χ4n) is 1.06. The molecule has 0 spiro atoms. The molecule has 0 radical (unpaired) electrons. The zero-order valence-corrected chi connectivity index (χ0v) is 10.8. The second-order valence-corrected chi connectivity index (χ2v) is 4.96. The molecule has 1 heterocycles. The van der Waals surface area contributed by atoms with Crippen LogP contribution in [0.15, 0.2) is 28.6 Å². The van der Waals surface area contributed by atoms with Crippen LogP contribution in [0.1, 0.15) is 0 Å². The lowest BCUT2D eigenvalue weighted by molar-refractivity contribution is 1.14. The SMILES string of the molecule is Br.NCCSc1nc2ccccc2s1. The molecule has 0 saturated carbocycles. The molecule has 0 aliphatic carbocycles. The second-order valence-electron chi connectivity index (χ2n) is 2.58. The maximum atomic E-state index is 5.43. The normalized spacial score (nSPS) is 10.1. The molecule has 0 saturated heterocycles. The summed E-state index contributed by atoms with van der Waals surface area (Å²) in [5.74, 6) is 0.944. The third-order valence-corrected chi connectivity index (χ3v) is 3.83. The monoisotopic (exact) mass is 290 g/mol. The molecule has 2 aromatic rings. The zero-order valence-electron chi connectivity index (χ0n) is 7.47. The predicted molar refractivity (Wildman–Crippen MR) is 69.7 cm³/mol. The van der Waals surface area contributed by atoms with E-state index < -0.39 is 0 Å². The Hall–Kier alpha value is -0.100. The highest BCUT2D eigenvalue weighted by Crippen LogP contribution is 2.28. The summed E-state index contributed by atoms with van der Waals surface area (Å²) in [6.07, 6.45) is 0. The summed E-state index contributed by atoms with van der Waals surface area (Å²) in [6, 6.07) is 8.19. The van der Waals surface area contributed by atoms with E-state index in [0.29, 0.717) is 6.54 Å². The summed E-state index contributed by atoms with van der Waals surface area (Å²) in [5.41, 5.74) is 6.52. The number of thioether (sulfide) groups is 1. The van der Waals surface area contributed by atoms with Gasteiger partial charge in [0.1, 0.15) is 0 Å². The van der Waals surface area contributed by atoms with Crippen LogP contribution in [0.2, 0.25) is 0 Å². The number of nitrogens with two attached hydrogens (primary N) is 1. The van der Waals surface area contributed by atoms with Crippen molar-refractivity contribution in [3.8, 4) is 0 Å². The lowest BCUT2D eigenvalue weighted by Gasteiger charge is -1.89. The molecule has 1 aromatic carbocycles. The molecular weight excluding hydrogens is 280 g/mol. The Morgan fingerprint density at radius 3 is 2.86 bits per heavy atom. The van der Waals surface area contributed by atoms with Gasteiger partial charge in [-0.1, -0.05) is 23.9 Å². The number of aromatic nitrogens is 1. The number of hydrogen-bond donors (Lipinski definition) is 1. The van der Waals surface area contributed by atoms with Crippen LogP contribution < -0.4 is 5.73 Å². The van der Waals surface area contributed by atoms with Crippen LogP contribution in [0.5, 0.6) is 0 Å². The maximum absolute atomic E-state index is 5.43. The zero-order chi connectivity index (χ0) is 9.10. The quantitative estimate of drug-likeness (QED) is 0.884. The minimum Gasteiger partial charge on any atom is -0.330 e. The van der Waals surface area contributed by atoms with Gasteiger partial charge in [0, 0.05) is 12.3 Å². The van der Waals surface area contributed by atoms with Gasteiger partial charge in [0.2, 0.25) is 0 Å².